The average Bonchev–Trinajstić information content (AvgIpc) is 3.23. The highest BCUT2D eigenvalue weighted by atomic mass is 19.4. The Morgan fingerprint density at radius 1 is 1.19 bits per heavy atom. The first kappa shape index (κ1) is 17.6. The van der Waals surface area contributed by atoms with Crippen LogP contribution in [-0.2, 0) is 11.3 Å². The van der Waals surface area contributed by atoms with Crippen LogP contribution in [0.3, 0.4) is 0 Å². The SMILES string of the molecule is O=c1oc2ccc(-c3ccc(OC(F)(F)F)cc3)nc2n1C[C@@H]1CCCO1. The molecule has 1 fully saturated rings. The third-order valence-electron chi connectivity index (χ3n) is 4.31. The lowest BCUT2D eigenvalue weighted by Crippen LogP contribution is -2.23. The zero-order valence-corrected chi connectivity index (χ0v) is 14.0. The summed E-state index contributed by atoms with van der Waals surface area (Å²) >= 11 is 0. The van der Waals surface area contributed by atoms with Crippen LogP contribution in [-0.4, -0.2) is 28.6 Å². The molecule has 0 saturated carbocycles. The maximum atomic E-state index is 12.3. The highest BCUT2D eigenvalue weighted by Crippen LogP contribution is 2.27. The monoisotopic (exact) mass is 380 g/mol. The molecule has 0 N–H and O–H groups in total. The number of hydrogen-bond donors (Lipinski definition) is 0. The van der Waals surface area contributed by atoms with Crippen molar-refractivity contribution >= 4 is 11.2 Å². The summed E-state index contributed by atoms with van der Waals surface area (Å²) in [7, 11) is 0. The minimum atomic E-state index is -4.74. The molecule has 0 unspecified atom stereocenters. The van der Waals surface area contributed by atoms with E-state index < -0.39 is 12.1 Å². The Morgan fingerprint density at radius 3 is 2.63 bits per heavy atom. The summed E-state index contributed by atoms with van der Waals surface area (Å²) in [6.45, 7) is 1.01. The van der Waals surface area contributed by atoms with E-state index in [4.69, 9.17) is 9.15 Å². The Bertz CT molecular complexity index is 1000. The second-order valence-electron chi connectivity index (χ2n) is 6.20. The van der Waals surface area contributed by atoms with Gasteiger partial charge in [0, 0.05) is 12.2 Å². The van der Waals surface area contributed by atoms with Crippen LogP contribution in [0.1, 0.15) is 12.8 Å². The summed E-state index contributed by atoms with van der Waals surface area (Å²) in [5.41, 5.74) is 1.81. The van der Waals surface area contributed by atoms with Gasteiger partial charge in [-0.2, -0.15) is 0 Å². The molecule has 6 nitrogen and oxygen atoms in total. The number of rotatable bonds is 4. The molecule has 0 amide bonds. The van der Waals surface area contributed by atoms with Crippen LogP contribution >= 0.6 is 0 Å². The van der Waals surface area contributed by atoms with Crippen LogP contribution in [0.2, 0.25) is 0 Å². The average molecular weight is 380 g/mol. The lowest BCUT2D eigenvalue weighted by molar-refractivity contribution is -0.274. The zero-order valence-electron chi connectivity index (χ0n) is 14.0. The molecule has 27 heavy (non-hydrogen) atoms. The maximum Gasteiger partial charge on any atom is 0.573 e. The van der Waals surface area contributed by atoms with E-state index in [0.29, 0.717) is 35.6 Å². The number of benzene rings is 1. The Morgan fingerprint density at radius 2 is 1.96 bits per heavy atom. The van der Waals surface area contributed by atoms with Gasteiger partial charge < -0.3 is 13.9 Å². The number of oxazole rings is 1. The number of hydrogen-bond acceptors (Lipinski definition) is 5. The molecule has 4 rings (SSSR count). The van der Waals surface area contributed by atoms with Crippen LogP contribution in [0, 0.1) is 0 Å². The zero-order chi connectivity index (χ0) is 19.0. The number of ether oxygens (including phenoxy) is 2. The van der Waals surface area contributed by atoms with Gasteiger partial charge in [-0.3, -0.25) is 4.57 Å². The highest BCUT2D eigenvalue weighted by Gasteiger charge is 2.31. The number of nitrogens with zero attached hydrogens (tertiary/aromatic N) is 2. The van der Waals surface area contributed by atoms with Gasteiger partial charge in [-0.1, -0.05) is 0 Å². The fourth-order valence-electron chi connectivity index (χ4n) is 3.09. The van der Waals surface area contributed by atoms with E-state index in [1.54, 1.807) is 12.1 Å². The second kappa shape index (κ2) is 6.73. The first-order valence-corrected chi connectivity index (χ1v) is 8.37. The van der Waals surface area contributed by atoms with Gasteiger partial charge in [0.05, 0.1) is 18.3 Å². The minimum absolute atomic E-state index is 0.0623. The van der Waals surface area contributed by atoms with Gasteiger partial charge in [-0.05, 0) is 49.2 Å². The van der Waals surface area contributed by atoms with Crippen molar-refractivity contribution in [2.24, 2.45) is 0 Å². The van der Waals surface area contributed by atoms with Crippen LogP contribution in [0.25, 0.3) is 22.5 Å². The van der Waals surface area contributed by atoms with E-state index in [1.807, 2.05) is 0 Å². The maximum absolute atomic E-state index is 12.3. The number of alkyl halides is 3. The molecule has 9 heteroatoms. The normalized spacial score (nSPS) is 17.5. The summed E-state index contributed by atoms with van der Waals surface area (Å²) in [4.78, 5) is 16.6. The number of aromatic nitrogens is 2. The van der Waals surface area contributed by atoms with Crippen molar-refractivity contribution in [1.82, 2.24) is 9.55 Å². The Labute approximate surface area is 151 Å². The van der Waals surface area contributed by atoms with E-state index in [0.717, 1.165) is 12.8 Å². The number of pyridine rings is 1. The van der Waals surface area contributed by atoms with E-state index in [2.05, 4.69) is 9.72 Å². The largest absolute Gasteiger partial charge is 0.573 e. The van der Waals surface area contributed by atoms with Crippen LogP contribution in [0.5, 0.6) is 5.75 Å². The second-order valence-corrected chi connectivity index (χ2v) is 6.20. The number of halogens is 3. The van der Waals surface area contributed by atoms with Crippen molar-refractivity contribution in [2.45, 2.75) is 31.9 Å². The molecule has 3 aromatic rings. The van der Waals surface area contributed by atoms with Crippen molar-refractivity contribution in [1.29, 1.82) is 0 Å². The quantitative estimate of drug-likeness (QED) is 0.690. The van der Waals surface area contributed by atoms with Crippen molar-refractivity contribution in [3.05, 3.63) is 46.9 Å². The van der Waals surface area contributed by atoms with Crippen LogP contribution in [0.15, 0.2) is 45.6 Å². The summed E-state index contributed by atoms with van der Waals surface area (Å²) in [5.74, 6) is -0.829. The lowest BCUT2D eigenvalue weighted by Gasteiger charge is -2.10. The molecule has 0 radical (unpaired) electrons. The van der Waals surface area contributed by atoms with Gasteiger partial charge in [0.15, 0.2) is 11.2 Å². The van der Waals surface area contributed by atoms with Crippen LogP contribution in [0.4, 0.5) is 13.2 Å². The van der Waals surface area contributed by atoms with Gasteiger partial charge >= 0.3 is 12.1 Å². The number of fused-ring (bicyclic) bond motifs is 1. The Balaban J connectivity index is 1.65. The van der Waals surface area contributed by atoms with Crippen molar-refractivity contribution in [2.75, 3.05) is 6.61 Å². The Kier molecular flexibility index (Phi) is 4.39. The predicted molar refractivity (Wildman–Crippen MR) is 89.4 cm³/mol. The molecule has 1 aromatic carbocycles. The summed E-state index contributed by atoms with van der Waals surface area (Å²) < 4.78 is 52.9. The molecule has 3 heterocycles. The van der Waals surface area contributed by atoms with Gasteiger partial charge in [-0.25, -0.2) is 9.78 Å². The van der Waals surface area contributed by atoms with E-state index in [-0.39, 0.29) is 11.9 Å². The van der Waals surface area contributed by atoms with Gasteiger partial charge in [0.25, 0.3) is 0 Å². The molecule has 1 aliphatic rings. The minimum Gasteiger partial charge on any atom is -0.406 e. The van der Waals surface area contributed by atoms with E-state index >= 15 is 0 Å². The van der Waals surface area contributed by atoms with Crippen molar-refractivity contribution < 1.29 is 27.1 Å². The topological polar surface area (TPSA) is 66.5 Å². The molecular formula is C18H15F3N2O4. The highest BCUT2D eigenvalue weighted by molar-refractivity contribution is 5.73. The first-order chi connectivity index (χ1) is 12.9. The molecule has 1 saturated heterocycles. The molecule has 0 aliphatic carbocycles. The van der Waals surface area contributed by atoms with Crippen molar-refractivity contribution in [3.8, 4) is 17.0 Å². The molecule has 2 aromatic heterocycles. The molecule has 142 valence electrons. The lowest BCUT2D eigenvalue weighted by atomic mass is 10.1. The first-order valence-electron chi connectivity index (χ1n) is 8.37. The van der Waals surface area contributed by atoms with Gasteiger partial charge in [-0.15, -0.1) is 13.2 Å². The summed E-state index contributed by atoms with van der Waals surface area (Å²) in [6, 6.07) is 8.62. The van der Waals surface area contributed by atoms with Gasteiger partial charge in [0.2, 0.25) is 0 Å². The third kappa shape index (κ3) is 3.82. The van der Waals surface area contributed by atoms with E-state index in [1.165, 1.54) is 28.8 Å². The Hall–Kier alpha value is -2.81. The standard InChI is InChI=1S/C18H15F3N2O4/c19-18(20,21)27-12-5-3-11(4-6-12)14-7-8-15-16(22-14)23(17(24)26-15)10-13-2-1-9-25-13/h3-8,13H,1-2,9-10H2/t13-/m0/s1. The van der Waals surface area contributed by atoms with Gasteiger partial charge in [0.1, 0.15) is 5.75 Å². The third-order valence-corrected chi connectivity index (χ3v) is 4.31. The molecule has 1 aliphatic heterocycles. The van der Waals surface area contributed by atoms with Crippen LogP contribution < -0.4 is 10.5 Å². The molecule has 0 bridgehead atoms. The molecular weight excluding hydrogens is 365 g/mol. The van der Waals surface area contributed by atoms with E-state index in [9.17, 15) is 18.0 Å². The molecule has 0 spiro atoms. The predicted octanol–water partition coefficient (Wildman–Crippen LogP) is 3.73. The van der Waals surface area contributed by atoms with Crippen molar-refractivity contribution in [3.63, 3.8) is 0 Å². The fraction of sp³-hybridized carbons (Fsp3) is 0.333. The fourth-order valence-corrected chi connectivity index (χ4v) is 3.09. The molecule has 1 atom stereocenters. The summed E-state index contributed by atoms with van der Waals surface area (Å²) in [5, 5.41) is 0. The summed E-state index contributed by atoms with van der Waals surface area (Å²) in [6.07, 6.45) is -3.00. The smallest absolute Gasteiger partial charge is 0.406 e.